The summed E-state index contributed by atoms with van der Waals surface area (Å²) in [5.74, 6) is -0.967. The van der Waals surface area contributed by atoms with Crippen LogP contribution in [0.3, 0.4) is 0 Å². The molecule has 110 valence electrons. The summed E-state index contributed by atoms with van der Waals surface area (Å²) in [7, 11) is 0. The van der Waals surface area contributed by atoms with Gasteiger partial charge in [-0.1, -0.05) is 12.1 Å². The third kappa shape index (κ3) is 2.25. The number of rotatable bonds is 1. The molecule has 3 amide bonds. The third-order valence-electron chi connectivity index (χ3n) is 3.85. The van der Waals surface area contributed by atoms with E-state index in [1.807, 2.05) is 0 Å². The molecule has 1 aromatic carbocycles. The van der Waals surface area contributed by atoms with Crippen molar-refractivity contribution < 1.29 is 19.5 Å². The minimum atomic E-state index is -0.728. The molecule has 2 N–H and O–H groups in total. The van der Waals surface area contributed by atoms with E-state index in [4.69, 9.17) is 5.11 Å². The monoisotopic (exact) mass is 289 g/mol. The molecule has 1 aromatic rings. The van der Waals surface area contributed by atoms with E-state index in [0.717, 1.165) is 0 Å². The Morgan fingerprint density at radius 1 is 1.29 bits per heavy atom. The lowest BCUT2D eigenvalue weighted by Crippen LogP contribution is -2.59. The quantitative estimate of drug-likeness (QED) is 0.714. The summed E-state index contributed by atoms with van der Waals surface area (Å²) in [4.78, 5) is 39.3. The largest absolute Gasteiger partial charge is 0.387 e. The maximum atomic E-state index is 12.5. The highest BCUT2D eigenvalue weighted by Gasteiger charge is 2.39. The molecule has 3 rings (SSSR count). The summed E-state index contributed by atoms with van der Waals surface area (Å²) in [5, 5.41) is 11.7. The topological polar surface area (TPSA) is 90.0 Å². The number of piperazine rings is 1. The number of nitrogens with zero attached hydrogens (tertiary/aromatic N) is 2. The lowest BCUT2D eigenvalue weighted by Gasteiger charge is -2.39. The van der Waals surface area contributed by atoms with Gasteiger partial charge in [-0.2, -0.15) is 0 Å². The Bertz CT molecular complexity index is 616. The molecule has 1 atom stereocenters. The summed E-state index contributed by atoms with van der Waals surface area (Å²) >= 11 is 0. The first-order valence-corrected chi connectivity index (χ1v) is 6.71. The van der Waals surface area contributed by atoms with E-state index in [-0.39, 0.29) is 24.9 Å². The van der Waals surface area contributed by atoms with Gasteiger partial charge >= 0.3 is 0 Å². The summed E-state index contributed by atoms with van der Waals surface area (Å²) in [6.07, 6.45) is 0. The molecule has 0 aliphatic carbocycles. The lowest BCUT2D eigenvalue weighted by molar-refractivity contribution is -0.138. The summed E-state index contributed by atoms with van der Waals surface area (Å²) in [6, 6.07) is 6.12. The van der Waals surface area contributed by atoms with Crippen LogP contribution in [0.1, 0.15) is 10.4 Å². The number of carbonyl (C=O) groups is 3. The molecule has 7 heteroatoms. The molecule has 0 aromatic heterocycles. The minimum Gasteiger partial charge on any atom is -0.387 e. The van der Waals surface area contributed by atoms with E-state index in [1.165, 1.54) is 9.80 Å². The number of fused-ring (bicyclic) bond motifs is 2. The zero-order valence-electron chi connectivity index (χ0n) is 11.3. The highest BCUT2D eigenvalue weighted by molar-refractivity contribution is 6.10. The predicted molar refractivity (Wildman–Crippen MR) is 73.6 cm³/mol. The van der Waals surface area contributed by atoms with Gasteiger partial charge in [-0.25, -0.2) is 0 Å². The highest BCUT2D eigenvalue weighted by Crippen LogP contribution is 2.25. The minimum absolute atomic E-state index is 0.102. The Hall–Kier alpha value is -2.41. The number of benzene rings is 1. The van der Waals surface area contributed by atoms with Crippen LogP contribution in [0.2, 0.25) is 0 Å². The van der Waals surface area contributed by atoms with E-state index < -0.39 is 18.6 Å². The predicted octanol–water partition coefficient (Wildman–Crippen LogP) is -0.716. The fourth-order valence-electron chi connectivity index (χ4n) is 2.73. The number of nitrogens with one attached hydrogen (secondary N) is 1. The molecule has 0 saturated carbocycles. The van der Waals surface area contributed by atoms with E-state index in [9.17, 15) is 14.4 Å². The molecule has 0 radical (unpaired) electrons. The molecule has 2 aliphatic rings. The molecule has 1 fully saturated rings. The molecule has 2 aliphatic heterocycles. The van der Waals surface area contributed by atoms with Crippen LogP contribution in [0.5, 0.6) is 0 Å². The molecule has 0 bridgehead atoms. The molecule has 0 spiro atoms. The molecule has 7 nitrogen and oxygen atoms in total. The van der Waals surface area contributed by atoms with Crippen LogP contribution in [0.15, 0.2) is 24.3 Å². The van der Waals surface area contributed by atoms with Crippen molar-refractivity contribution in [2.24, 2.45) is 0 Å². The van der Waals surface area contributed by atoms with E-state index >= 15 is 0 Å². The van der Waals surface area contributed by atoms with Crippen LogP contribution in [0.4, 0.5) is 5.69 Å². The zero-order chi connectivity index (χ0) is 15.0. The van der Waals surface area contributed by atoms with Crippen molar-refractivity contribution in [2.75, 3.05) is 31.6 Å². The van der Waals surface area contributed by atoms with Gasteiger partial charge in [0.25, 0.3) is 5.91 Å². The van der Waals surface area contributed by atoms with Gasteiger partial charge in [0.05, 0.1) is 17.8 Å². The SMILES string of the molecule is O=C1Nc2ccccc2C(=O)N2CCN(C(=O)CO)CC12. The normalized spacial score (nSPS) is 21.3. The summed E-state index contributed by atoms with van der Waals surface area (Å²) in [6.45, 7) is 0.0988. The van der Waals surface area contributed by atoms with Gasteiger partial charge in [0, 0.05) is 13.1 Å². The zero-order valence-corrected chi connectivity index (χ0v) is 11.3. The van der Waals surface area contributed by atoms with Crippen molar-refractivity contribution in [1.82, 2.24) is 9.80 Å². The third-order valence-corrected chi connectivity index (χ3v) is 3.85. The number of carbonyl (C=O) groups excluding carboxylic acids is 3. The average molecular weight is 289 g/mol. The Kier molecular flexibility index (Phi) is 3.34. The molecule has 21 heavy (non-hydrogen) atoms. The van der Waals surface area contributed by atoms with Crippen LogP contribution in [0, 0.1) is 0 Å². The summed E-state index contributed by atoms with van der Waals surface area (Å²) in [5.41, 5.74) is 0.942. The van der Waals surface area contributed by atoms with Gasteiger partial charge in [0.1, 0.15) is 12.6 Å². The van der Waals surface area contributed by atoms with Crippen LogP contribution >= 0.6 is 0 Å². The number of hydrogen-bond donors (Lipinski definition) is 2. The van der Waals surface area contributed by atoms with Gasteiger partial charge in [0.15, 0.2) is 0 Å². The van der Waals surface area contributed by atoms with Gasteiger partial charge < -0.3 is 20.2 Å². The molecular formula is C14H15N3O4. The van der Waals surface area contributed by atoms with E-state index in [0.29, 0.717) is 17.8 Å². The Balaban J connectivity index is 1.92. The van der Waals surface area contributed by atoms with Gasteiger partial charge in [-0.15, -0.1) is 0 Å². The number of para-hydroxylation sites is 1. The fraction of sp³-hybridized carbons (Fsp3) is 0.357. The molecule has 2 heterocycles. The number of hydrogen-bond acceptors (Lipinski definition) is 4. The number of aliphatic hydroxyl groups excluding tert-OH is 1. The number of anilines is 1. The molecule has 1 unspecified atom stereocenters. The Labute approximate surface area is 121 Å². The first kappa shape index (κ1) is 13.6. The van der Waals surface area contributed by atoms with Crippen LogP contribution < -0.4 is 5.32 Å². The fourth-order valence-corrected chi connectivity index (χ4v) is 2.73. The highest BCUT2D eigenvalue weighted by atomic mass is 16.3. The Morgan fingerprint density at radius 2 is 2.05 bits per heavy atom. The average Bonchev–Trinajstić information content (AvgIpc) is 2.62. The van der Waals surface area contributed by atoms with Crippen molar-refractivity contribution >= 4 is 23.4 Å². The second-order valence-corrected chi connectivity index (χ2v) is 5.05. The van der Waals surface area contributed by atoms with E-state index in [1.54, 1.807) is 24.3 Å². The lowest BCUT2D eigenvalue weighted by atomic mass is 10.1. The van der Waals surface area contributed by atoms with Crippen molar-refractivity contribution in [3.05, 3.63) is 29.8 Å². The summed E-state index contributed by atoms with van der Waals surface area (Å²) < 4.78 is 0. The first-order chi connectivity index (χ1) is 10.1. The standard InChI is InChI=1S/C14H15N3O4/c18-8-12(19)16-5-6-17-11(7-16)13(20)15-10-4-2-1-3-9(10)14(17)21/h1-4,11,18H,5-8H2,(H,15,20). The van der Waals surface area contributed by atoms with Crippen molar-refractivity contribution in [3.8, 4) is 0 Å². The van der Waals surface area contributed by atoms with Crippen molar-refractivity contribution in [1.29, 1.82) is 0 Å². The van der Waals surface area contributed by atoms with Crippen molar-refractivity contribution in [2.45, 2.75) is 6.04 Å². The van der Waals surface area contributed by atoms with Crippen LogP contribution in [-0.4, -0.2) is 64.9 Å². The van der Waals surface area contributed by atoms with Gasteiger partial charge in [-0.3, -0.25) is 14.4 Å². The maximum absolute atomic E-state index is 12.5. The second-order valence-electron chi connectivity index (χ2n) is 5.05. The first-order valence-electron chi connectivity index (χ1n) is 6.71. The van der Waals surface area contributed by atoms with Crippen LogP contribution in [-0.2, 0) is 9.59 Å². The van der Waals surface area contributed by atoms with Crippen molar-refractivity contribution in [3.63, 3.8) is 0 Å². The smallest absolute Gasteiger partial charge is 0.256 e. The van der Waals surface area contributed by atoms with Gasteiger partial charge in [-0.05, 0) is 12.1 Å². The second kappa shape index (κ2) is 5.17. The maximum Gasteiger partial charge on any atom is 0.256 e. The number of aliphatic hydroxyl groups is 1. The molecular weight excluding hydrogens is 274 g/mol. The van der Waals surface area contributed by atoms with E-state index in [2.05, 4.69) is 5.32 Å². The number of amides is 3. The van der Waals surface area contributed by atoms with Crippen LogP contribution in [0.25, 0.3) is 0 Å². The van der Waals surface area contributed by atoms with Gasteiger partial charge in [0.2, 0.25) is 11.8 Å². The molecule has 1 saturated heterocycles. The Morgan fingerprint density at radius 3 is 2.81 bits per heavy atom.